The molecule has 1 aliphatic rings. The van der Waals surface area contributed by atoms with E-state index < -0.39 is 0 Å². The summed E-state index contributed by atoms with van der Waals surface area (Å²) in [5, 5.41) is 3.60. The first-order valence-electron chi connectivity index (χ1n) is 8.25. The Balaban J connectivity index is 2.01. The fraction of sp³-hybridized carbons (Fsp3) is 0.667. The number of benzene rings is 1. The van der Waals surface area contributed by atoms with Crippen molar-refractivity contribution in [2.75, 3.05) is 6.54 Å². The lowest BCUT2D eigenvalue weighted by Crippen LogP contribution is -2.47. The van der Waals surface area contributed by atoms with Crippen molar-refractivity contribution in [2.45, 2.75) is 65.0 Å². The van der Waals surface area contributed by atoms with Crippen LogP contribution in [0, 0.1) is 5.92 Å². The predicted molar refractivity (Wildman–Crippen MR) is 85.3 cm³/mol. The Morgan fingerprint density at radius 1 is 1.10 bits per heavy atom. The largest absolute Gasteiger partial charge is 0.489 e. The van der Waals surface area contributed by atoms with Crippen LogP contribution >= 0.6 is 0 Å². The third-order valence-electron chi connectivity index (χ3n) is 4.56. The summed E-state index contributed by atoms with van der Waals surface area (Å²) in [7, 11) is 0. The van der Waals surface area contributed by atoms with Gasteiger partial charge in [0.25, 0.3) is 0 Å². The summed E-state index contributed by atoms with van der Waals surface area (Å²) in [6.45, 7) is 7.69. The highest BCUT2D eigenvalue weighted by molar-refractivity contribution is 5.27. The van der Waals surface area contributed by atoms with Crippen LogP contribution < -0.4 is 10.1 Å². The average molecular weight is 275 g/mol. The van der Waals surface area contributed by atoms with Crippen LogP contribution in [-0.2, 0) is 6.42 Å². The molecule has 0 aliphatic heterocycles. The lowest BCUT2D eigenvalue weighted by molar-refractivity contribution is 0.0856. The Bertz CT molecular complexity index is 387. The van der Waals surface area contributed by atoms with Crippen molar-refractivity contribution in [3.05, 3.63) is 29.8 Å². The third kappa shape index (κ3) is 3.99. The van der Waals surface area contributed by atoms with E-state index in [1.807, 2.05) is 0 Å². The lowest BCUT2D eigenvalue weighted by Gasteiger charge is -2.36. The molecule has 3 unspecified atom stereocenters. The molecule has 112 valence electrons. The van der Waals surface area contributed by atoms with Gasteiger partial charge in [0.05, 0.1) is 0 Å². The molecule has 1 aromatic rings. The van der Waals surface area contributed by atoms with E-state index >= 15 is 0 Å². The van der Waals surface area contributed by atoms with Gasteiger partial charge in [-0.05, 0) is 55.8 Å². The molecule has 0 radical (unpaired) electrons. The number of ether oxygens (including phenoxy) is 1. The second kappa shape index (κ2) is 7.68. The number of hydrogen-bond acceptors (Lipinski definition) is 2. The summed E-state index contributed by atoms with van der Waals surface area (Å²) in [5.41, 5.74) is 1.37. The van der Waals surface area contributed by atoms with E-state index in [1.165, 1.54) is 31.2 Å². The van der Waals surface area contributed by atoms with Crippen LogP contribution in [0.3, 0.4) is 0 Å². The zero-order chi connectivity index (χ0) is 14.4. The number of likely N-dealkylation sites (N-methyl/N-ethyl adjacent to an activating group) is 1. The van der Waals surface area contributed by atoms with Crippen LogP contribution in [0.2, 0.25) is 0 Å². The van der Waals surface area contributed by atoms with Crippen LogP contribution in [0.5, 0.6) is 5.75 Å². The quantitative estimate of drug-likeness (QED) is 0.840. The molecule has 1 aliphatic carbocycles. The van der Waals surface area contributed by atoms with Crippen molar-refractivity contribution in [1.29, 1.82) is 0 Å². The van der Waals surface area contributed by atoms with E-state index in [0.29, 0.717) is 12.1 Å². The van der Waals surface area contributed by atoms with Crippen LogP contribution in [0.15, 0.2) is 24.3 Å². The van der Waals surface area contributed by atoms with Crippen LogP contribution in [0.4, 0.5) is 0 Å². The standard InChI is InChI=1S/C18H29NO/c1-4-14-7-10-16(11-8-14)20-18-13-15(5-2)9-12-17(18)19-6-3/h7-8,10-11,15,17-19H,4-6,9,12-13H2,1-3H3. The molecule has 1 aromatic carbocycles. The maximum Gasteiger partial charge on any atom is 0.119 e. The Morgan fingerprint density at radius 3 is 2.45 bits per heavy atom. The number of nitrogens with one attached hydrogen (secondary N) is 1. The van der Waals surface area contributed by atoms with Gasteiger partial charge in [0.15, 0.2) is 0 Å². The SMILES string of the molecule is CCNC1CCC(CC)CC1Oc1ccc(CC)cc1. The van der Waals surface area contributed by atoms with Crippen LogP contribution in [-0.4, -0.2) is 18.7 Å². The second-order valence-electron chi connectivity index (χ2n) is 5.91. The molecule has 2 heteroatoms. The molecular formula is C18H29NO. The maximum absolute atomic E-state index is 6.29. The zero-order valence-corrected chi connectivity index (χ0v) is 13.2. The topological polar surface area (TPSA) is 21.3 Å². The summed E-state index contributed by atoms with van der Waals surface area (Å²) >= 11 is 0. The molecule has 1 fully saturated rings. The fourth-order valence-corrected chi connectivity index (χ4v) is 3.19. The number of rotatable bonds is 6. The van der Waals surface area contributed by atoms with Gasteiger partial charge < -0.3 is 10.1 Å². The summed E-state index contributed by atoms with van der Waals surface area (Å²) in [6.07, 6.45) is 6.44. The van der Waals surface area contributed by atoms with Crippen molar-refractivity contribution in [3.8, 4) is 5.75 Å². The van der Waals surface area contributed by atoms with Crippen molar-refractivity contribution in [1.82, 2.24) is 5.32 Å². The van der Waals surface area contributed by atoms with Gasteiger partial charge in [0.2, 0.25) is 0 Å². The third-order valence-corrected chi connectivity index (χ3v) is 4.56. The number of hydrogen-bond donors (Lipinski definition) is 1. The van der Waals surface area contributed by atoms with Gasteiger partial charge in [0.1, 0.15) is 11.9 Å². The Labute approximate surface area is 123 Å². The average Bonchev–Trinajstić information content (AvgIpc) is 2.50. The summed E-state index contributed by atoms with van der Waals surface area (Å²) in [4.78, 5) is 0. The minimum Gasteiger partial charge on any atom is -0.489 e. The lowest BCUT2D eigenvalue weighted by atomic mass is 9.82. The van der Waals surface area contributed by atoms with Crippen molar-refractivity contribution < 1.29 is 4.74 Å². The van der Waals surface area contributed by atoms with E-state index in [0.717, 1.165) is 24.6 Å². The molecule has 3 atom stereocenters. The normalized spacial score (nSPS) is 26.4. The smallest absolute Gasteiger partial charge is 0.119 e. The van der Waals surface area contributed by atoms with E-state index in [-0.39, 0.29) is 0 Å². The van der Waals surface area contributed by atoms with Gasteiger partial charge in [-0.3, -0.25) is 0 Å². The minimum atomic E-state index is 0.320. The van der Waals surface area contributed by atoms with E-state index in [2.05, 4.69) is 50.4 Å². The highest BCUT2D eigenvalue weighted by Crippen LogP contribution is 2.30. The molecular weight excluding hydrogens is 246 g/mol. The first-order valence-corrected chi connectivity index (χ1v) is 8.25. The maximum atomic E-state index is 6.29. The predicted octanol–water partition coefficient (Wildman–Crippen LogP) is 4.18. The fourth-order valence-electron chi connectivity index (χ4n) is 3.19. The Hall–Kier alpha value is -1.02. The molecule has 0 aromatic heterocycles. The van der Waals surface area contributed by atoms with Gasteiger partial charge in [-0.1, -0.05) is 39.3 Å². The first kappa shape index (κ1) is 15.4. The van der Waals surface area contributed by atoms with Crippen LogP contribution in [0.25, 0.3) is 0 Å². The first-order chi connectivity index (χ1) is 9.76. The molecule has 20 heavy (non-hydrogen) atoms. The Morgan fingerprint density at radius 2 is 1.85 bits per heavy atom. The van der Waals surface area contributed by atoms with Gasteiger partial charge in [0, 0.05) is 6.04 Å². The van der Waals surface area contributed by atoms with Crippen molar-refractivity contribution >= 4 is 0 Å². The molecule has 1 saturated carbocycles. The molecule has 2 nitrogen and oxygen atoms in total. The van der Waals surface area contributed by atoms with Crippen LogP contribution in [0.1, 0.15) is 52.0 Å². The monoisotopic (exact) mass is 275 g/mol. The Kier molecular flexibility index (Phi) is 5.90. The number of aryl methyl sites for hydroxylation is 1. The van der Waals surface area contributed by atoms with Crippen molar-refractivity contribution in [2.24, 2.45) is 5.92 Å². The van der Waals surface area contributed by atoms with E-state index in [4.69, 9.17) is 4.74 Å². The highest BCUT2D eigenvalue weighted by atomic mass is 16.5. The van der Waals surface area contributed by atoms with Gasteiger partial charge in [-0.25, -0.2) is 0 Å². The van der Waals surface area contributed by atoms with E-state index in [9.17, 15) is 0 Å². The molecule has 0 bridgehead atoms. The zero-order valence-electron chi connectivity index (χ0n) is 13.2. The summed E-state index contributed by atoms with van der Waals surface area (Å²) in [5.74, 6) is 1.84. The van der Waals surface area contributed by atoms with Crippen molar-refractivity contribution in [3.63, 3.8) is 0 Å². The van der Waals surface area contributed by atoms with Gasteiger partial charge in [-0.15, -0.1) is 0 Å². The molecule has 0 saturated heterocycles. The molecule has 0 heterocycles. The summed E-state index contributed by atoms with van der Waals surface area (Å²) in [6, 6.07) is 9.11. The van der Waals surface area contributed by atoms with Gasteiger partial charge in [-0.2, -0.15) is 0 Å². The molecule has 0 amide bonds. The highest BCUT2D eigenvalue weighted by Gasteiger charge is 2.30. The summed E-state index contributed by atoms with van der Waals surface area (Å²) < 4.78 is 6.29. The second-order valence-corrected chi connectivity index (χ2v) is 5.91. The van der Waals surface area contributed by atoms with E-state index in [1.54, 1.807) is 0 Å². The molecule has 1 N–H and O–H groups in total. The minimum absolute atomic E-state index is 0.320. The molecule has 2 rings (SSSR count). The molecule has 0 spiro atoms. The van der Waals surface area contributed by atoms with Gasteiger partial charge >= 0.3 is 0 Å².